The van der Waals surface area contributed by atoms with Gasteiger partial charge in [0.15, 0.2) is 0 Å². The Kier molecular flexibility index (Phi) is 5.94. The van der Waals surface area contributed by atoms with E-state index in [-0.39, 0.29) is 18.9 Å². The van der Waals surface area contributed by atoms with E-state index in [0.717, 1.165) is 11.3 Å². The zero-order valence-corrected chi connectivity index (χ0v) is 11.7. The third kappa shape index (κ3) is 4.19. The Balaban J connectivity index is 2.89. The molecule has 7 heteroatoms. The fraction of sp³-hybridized carbons (Fsp3) is 0.769. The third-order valence-electron chi connectivity index (χ3n) is 3.28. The highest BCUT2D eigenvalue weighted by Gasteiger charge is 2.37. The molecule has 2 unspecified atom stereocenters. The topological polar surface area (TPSA) is 104 Å². The molecule has 20 heavy (non-hydrogen) atoms. The first-order valence-electron chi connectivity index (χ1n) is 6.71. The minimum atomic E-state index is -1.13. The summed E-state index contributed by atoms with van der Waals surface area (Å²) in [5, 5.41) is 18.0. The van der Waals surface area contributed by atoms with Gasteiger partial charge in [0.2, 0.25) is 0 Å². The van der Waals surface area contributed by atoms with Crippen LogP contribution in [0.15, 0.2) is 0 Å². The van der Waals surface area contributed by atoms with Crippen molar-refractivity contribution in [1.29, 1.82) is 0 Å². The molecule has 2 atom stereocenters. The van der Waals surface area contributed by atoms with E-state index >= 15 is 0 Å². The van der Waals surface area contributed by atoms with Gasteiger partial charge in [-0.3, -0.25) is 9.59 Å². The number of carboxylic acid groups (broad SMARTS) is 2. The van der Waals surface area contributed by atoms with E-state index in [4.69, 9.17) is 9.84 Å². The maximum absolute atomic E-state index is 12.4. The van der Waals surface area contributed by atoms with Crippen LogP contribution < -0.4 is 0 Å². The van der Waals surface area contributed by atoms with Crippen LogP contribution in [-0.2, 0) is 19.1 Å². The number of carbonyl (C=O) groups is 3. The van der Waals surface area contributed by atoms with E-state index in [1.807, 2.05) is 0 Å². The van der Waals surface area contributed by atoms with Crippen molar-refractivity contribution in [3.8, 4) is 0 Å². The van der Waals surface area contributed by atoms with Gasteiger partial charge in [-0.2, -0.15) is 0 Å². The standard InChI is InChI=1S/C13H21NO6/c1-8(2)11(13(18)19)14(6-5-10(15)16)12(17)9-4-3-7-20-9/h8-9,11H,3-7H2,1-2H3,(H,15,16)(H,18,19). The minimum Gasteiger partial charge on any atom is -0.481 e. The Morgan fingerprint density at radius 2 is 1.95 bits per heavy atom. The van der Waals surface area contributed by atoms with E-state index in [0.29, 0.717) is 13.0 Å². The van der Waals surface area contributed by atoms with Gasteiger partial charge >= 0.3 is 11.9 Å². The van der Waals surface area contributed by atoms with Crippen LogP contribution in [0.2, 0.25) is 0 Å². The average molecular weight is 287 g/mol. The molecular weight excluding hydrogens is 266 g/mol. The highest BCUT2D eigenvalue weighted by molar-refractivity contribution is 5.87. The Morgan fingerprint density at radius 3 is 2.35 bits per heavy atom. The van der Waals surface area contributed by atoms with Gasteiger partial charge in [0.25, 0.3) is 5.91 Å². The molecule has 0 radical (unpaired) electrons. The molecule has 1 rings (SSSR count). The summed E-state index contributed by atoms with van der Waals surface area (Å²) in [4.78, 5) is 35.5. The van der Waals surface area contributed by atoms with Gasteiger partial charge in [-0.05, 0) is 18.8 Å². The van der Waals surface area contributed by atoms with E-state index in [2.05, 4.69) is 0 Å². The summed E-state index contributed by atoms with van der Waals surface area (Å²) < 4.78 is 5.28. The van der Waals surface area contributed by atoms with Crippen molar-refractivity contribution in [3.63, 3.8) is 0 Å². The lowest BCUT2D eigenvalue weighted by Gasteiger charge is -2.32. The van der Waals surface area contributed by atoms with Gasteiger partial charge in [0, 0.05) is 13.2 Å². The predicted octanol–water partition coefficient (Wildman–Crippen LogP) is 0.578. The number of rotatable bonds is 7. The molecule has 0 bridgehead atoms. The monoisotopic (exact) mass is 287 g/mol. The number of hydrogen-bond acceptors (Lipinski definition) is 4. The summed E-state index contributed by atoms with van der Waals surface area (Å²) in [6.07, 6.45) is 0.370. The second-order valence-corrected chi connectivity index (χ2v) is 5.20. The fourth-order valence-electron chi connectivity index (χ4n) is 2.34. The van der Waals surface area contributed by atoms with Crippen LogP contribution in [0.25, 0.3) is 0 Å². The second-order valence-electron chi connectivity index (χ2n) is 5.20. The Bertz CT molecular complexity index is 375. The number of amides is 1. The Labute approximate surface area is 117 Å². The summed E-state index contributed by atoms with van der Waals surface area (Å²) in [5.41, 5.74) is 0. The fourth-order valence-corrected chi connectivity index (χ4v) is 2.34. The van der Waals surface area contributed by atoms with Crippen molar-refractivity contribution in [2.75, 3.05) is 13.2 Å². The Morgan fingerprint density at radius 1 is 1.30 bits per heavy atom. The van der Waals surface area contributed by atoms with Crippen molar-refractivity contribution < 1.29 is 29.3 Å². The molecule has 7 nitrogen and oxygen atoms in total. The zero-order valence-electron chi connectivity index (χ0n) is 11.7. The van der Waals surface area contributed by atoms with Crippen molar-refractivity contribution in [1.82, 2.24) is 4.90 Å². The normalized spacial score (nSPS) is 19.9. The van der Waals surface area contributed by atoms with Crippen LogP contribution in [0.1, 0.15) is 33.1 Å². The SMILES string of the molecule is CC(C)C(C(=O)O)N(CCC(=O)O)C(=O)C1CCCO1. The van der Waals surface area contributed by atoms with E-state index in [1.54, 1.807) is 13.8 Å². The quantitative estimate of drug-likeness (QED) is 0.709. The van der Waals surface area contributed by atoms with Crippen LogP contribution >= 0.6 is 0 Å². The first-order chi connectivity index (χ1) is 9.34. The lowest BCUT2D eigenvalue weighted by molar-refractivity contribution is -0.157. The molecule has 0 aliphatic carbocycles. The van der Waals surface area contributed by atoms with Gasteiger partial charge in [0.1, 0.15) is 12.1 Å². The van der Waals surface area contributed by atoms with Crippen LogP contribution in [-0.4, -0.2) is 58.3 Å². The first kappa shape index (κ1) is 16.4. The van der Waals surface area contributed by atoms with Gasteiger partial charge in [0.05, 0.1) is 6.42 Å². The number of nitrogens with zero attached hydrogens (tertiary/aromatic N) is 1. The van der Waals surface area contributed by atoms with Gasteiger partial charge in [-0.15, -0.1) is 0 Å². The first-order valence-corrected chi connectivity index (χ1v) is 6.71. The van der Waals surface area contributed by atoms with E-state index in [9.17, 15) is 19.5 Å². The maximum atomic E-state index is 12.4. The molecule has 1 fully saturated rings. The van der Waals surface area contributed by atoms with Crippen molar-refractivity contribution in [2.45, 2.75) is 45.3 Å². The summed E-state index contributed by atoms with van der Waals surface area (Å²) in [7, 11) is 0. The summed E-state index contributed by atoms with van der Waals surface area (Å²) in [6.45, 7) is 3.73. The molecule has 1 aliphatic rings. The number of ether oxygens (including phenoxy) is 1. The van der Waals surface area contributed by atoms with Crippen molar-refractivity contribution >= 4 is 17.8 Å². The largest absolute Gasteiger partial charge is 0.481 e. The molecule has 0 aromatic heterocycles. The highest BCUT2D eigenvalue weighted by Crippen LogP contribution is 2.19. The number of hydrogen-bond donors (Lipinski definition) is 2. The number of aliphatic carboxylic acids is 2. The van der Waals surface area contributed by atoms with Crippen LogP contribution in [0, 0.1) is 5.92 Å². The molecule has 0 aromatic carbocycles. The average Bonchev–Trinajstić information content (AvgIpc) is 2.85. The predicted molar refractivity (Wildman–Crippen MR) is 69.2 cm³/mol. The second kappa shape index (κ2) is 7.23. The lowest BCUT2D eigenvalue weighted by Crippen LogP contribution is -2.52. The molecule has 1 aliphatic heterocycles. The van der Waals surface area contributed by atoms with Crippen LogP contribution in [0.5, 0.6) is 0 Å². The zero-order chi connectivity index (χ0) is 15.3. The van der Waals surface area contributed by atoms with Gasteiger partial charge in [-0.25, -0.2) is 4.79 Å². The molecule has 1 amide bonds. The van der Waals surface area contributed by atoms with Crippen LogP contribution in [0.4, 0.5) is 0 Å². The van der Waals surface area contributed by atoms with Crippen molar-refractivity contribution in [3.05, 3.63) is 0 Å². The van der Waals surface area contributed by atoms with Gasteiger partial charge in [-0.1, -0.05) is 13.8 Å². The molecule has 0 aromatic rings. The molecular formula is C13H21NO6. The highest BCUT2D eigenvalue weighted by atomic mass is 16.5. The summed E-state index contributed by atoms with van der Waals surface area (Å²) in [5.74, 6) is -2.93. The minimum absolute atomic E-state index is 0.122. The number of carboxylic acids is 2. The number of carbonyl (C=O) groups excluding carboxylic acids is 1. The van der Waals surface area contributed by atoms with Crippen molar-refractivity contribution in [2.24, 2.45) is 5.92 Å². The van der Waals surface area contributed by atoms with E-state index < -0.39 is 30.0 Å². The van der Waals surface area contributed by atoms with Gasteiger partial charge < -0.3 is 19.8 Å². The summed E-state index contributed by atoms with van der Waals surface area (Å²) >= 11 is 0. The summed E-state index contributed by atoms with van der Waals surface area (Å²) in [6, 6.07) is -1.04. The lowest BCUT2D eigenvalue weighted by atomic mass is 10.0. The molecule has 1 heterocycles. The molecule has 0 saturated carbocycles. The molecule has 0 spiro atoms. The molecule has 2 N–H and O–H groups in total. The molecule has 1 saturated heterocycles. The van der Waals surface area contributed by atoms with Crippen LogP contribution in [0.3, 0.4) is 0 Å². The smallest absolute Gasteiger partial charge is 0.326 e. The van der Waals surface area contributed by atoms with E-state index in [1.165, 1.54) is 0 Å². The Hall–Kier alpha value is -1.63. The maximum Gasteiger partial charge on any atom is 0.326 e. The third-order valence-corrected chi connectivity index (χ3v) is 3.28. The molecule has 114 valence electrons.